The Morgan fingerprint density at radius 3 is 2.24 bits per heavy atom. The van der Waals surface area contributed by atoms with Crippen molar-refractivity contribution in [3.63, 3.8) is 0 Å². The Morgan fingerprint density at radius 2 is 1.86 bits per heavy atom. The second kappa shape index (κ2) is 8.96. The van der Waals surface area contributed by atoms with Gasteiger partial charge in [0.2, 0.25) is 0 Å². The Morgan fingerprint density at radius 1 is 1.29 bits per heavy atom. The van der Waals surface area contributed by atoms with Gasteiger partial charge < -0.3 is 5.11 Å². The van der Waals surface area contributed by atoms with Crippen LogP contribution in [0.2, 0.25) is 0 Å². The first kappa shape index (κ1) is 19.8. The number of hydrogen-bond donors (Lipinski definition) is 1. The zero-order chi connectivity index (χ0) is 16.6. The van der Waals surface area contributed by atoms with Crippen LogP contribution in [0.5, 0.6) is 0 Å². The van der Waals surface area contributed by atoms with Crippen molar-refractivity contribution in [3.8, 4) is 0 Å². The fourth-order valence-electron chi connectivity index (χ4n) is 1.65. The van der Waals surface area contributed by atoms with Crippen LogP contribution < -0.4 is 0 Å². The Balaban J connectivity index is 0.00000191. The molecule has 3 heteroatoms. The average molecular weight is 308 g/mol. The molecule has 0 aliphatic carbocycles. The predicted octanol–water partition coefficient (Wildman–Crippen LogP) is 5.53. The summed E-state index contributed by atoms with van der Waals surface area (Å²) >= 11 is 1.55. The Bertz CT molecular complexity index is 516. The molecule has 0 unspecified atom stereocenters. The van der Waals surface area contributed by atoms with Crippen LogP contribution in [0.3, 0.4) is 0 Å². The molecule has 0 saturated carbocycles. The van der Waals surface area contributed by atoms with Crippen LogP contribution >= 0.6 is 11.3 Å². The molecule has 0 amide bonds. The molecule has 2 nitrogen and oxygen atoms in total. The molecule has 0 spiro atoms. The summed E-state index contributed by atoms with van der Waals surface area (Å²) in [5.41, 5.74) is 3.31. The van der Waals surface area contributed by atoms with Gasteiger partial charge in [0, 0.05) is 0 Å². The minimum atomic E-state index is 0.0620. The van der Waals surface area contributed by atoms with Gasteiger partial charge in [0.15, 0.2) is 0 Å². The van der Waals surface area contributed by atoms with Crippen LogP contribution in [0.25, 0.3) is 5.57 Å². The third kappa shape index (κ3) is 5.98. The van der Waals surface area contributed by atoms with E-state index in [1.54, 1.807) is 11.3 Å². The molecule has 0 atom stereocenters. The summed E-state index contributed by atoms with van der Waals surface area (Å²) in [7, 11) is 0. The molecule has 0 aliphatic heterocycles. The second-order valence-electron chi connectivity index (χ2n) is 5.61. The van der Waals surface area contributed by atoms with E-state index in [9.17, 15) is 5.11 Å². The van der Waals surface area contributed by atoms with Crippen molar-refractivity contribution in [2.75, 3.05) is 0 Å². The van der Waals surface area contributed by atoms with Gasteiger partial charge in [-0.25, -0.2) is 4.98 Å². The maximum absolute atomic E-state index is 9.20. The first-order valence-electron chi connectivity index (χ1n) is 7.38. The second-order valence-corrected chi connectivity index (χ2v) is 6.70. The van der Waals surface area contributed by atoms with Gasteiger partial charge in [0.25, 0.3) is 0 Å². The first-order valence-corrected chi connectivity index (χ1v) is 8.20. The van der Waals surface area contributed by atoms with Crippen LogP contribution in [0.4, 0.5) is 0 Å². The van der Waals surface area contributed by atoms with Crippen molar-refractivity contribution in [1.82, 2.24) is 4.98 Å². The third-order valence-corrected chi connectivity index (χ3v) is 4.25. The number of thiazole rings is 1. The van der Waals surface area contributed by atoms with Gasteiger partial charge in [-0.1, -0.05) is 59.4 Å². The quantitative estimate of drug-likeness (QED) is 0.742. The van der Waals surface area contributed by atoms with Crippen molar-refractivity contribution in [2.24, 2.45) is 5.41 Å². The SMILES string of the molecule is C=C/C(=C\C=C(/C)c1nc(C)c(CO)s1)C(C)(C)C.CC. The molecule has 118 valence electrons. The number of aliphatic hydroxyl groups is 1. The zero-order valence-electron chi connectivity index (χ0n) is 14.4. The highest BCUT2D eigenvalue weighted by Crippen LogP contribution is 2.28. The largest absolute Gasteiger partial charge is 0.391 e. The van der Waals surface area contributed by atoms with E-state index in [-0.39, 0.29) is 12.0 Å². The fraction of sp³-hybridized carbons (Fsp3) is 0.500. The third-order valence-electron chi connectivity index (χ3n) is 2.97. The fourth-order valence-corrected chi connectivity index (χ4v) is 2.56. The van der Waals surface area contributed by atoms with Crippen LogP contribution in [-0.4, -0.2) is 10.1 Å². The molecule has 0 aliphatic rings. The van der Waals surface area contributed by atoms with Gasteiger partial charge in [-0.15, -0.1) is 11.3 Å². The lowest BCUT2D eigenvalue weighted by Crippen LogP contribution is -2.06. The van der Waals surface area contributed by atoms with E-state index in [2.05, 4.69) is 44.5 Å². The Hall–Kier alpha value is -1.19. The number of rotatable bonds is 4. The molecular formula is C18H29NOS. The van der Waals surface area contributed by atoms with E-state index < -0.39 is 0 Å². The van der Waals surface area contributed by atoms with Gasteiger partial charge in [-0.2, -0.15) is 0 Å². The normalized spacial score (nSPS) is 12.8. The summed E-state index contributed by atoms with van der Waals surface area (Å²) < 4.78 is 0. The number of allylic oxidation sites excluding steroid dienone is 5. The zero-order valence-corrected chi connectivity index (χ0v) is 15.3. The molecule has 0 bridgehead atoms. The molecule has 0 radical (unpaired) electrons. The highest BCUT2D eigenvalue weighted by atomic mass is 32.1. The summed E-state index contributed by atoms with van der Waals surface area (Å²) in [6.45, 7) is 18.4. The van der Waals surface area contributed by atoms with Gasteiger partial charge in [0.05, 0.1) is 17.2 Å². The number of hydrogen-bond acceptors (Lipinski definition) is 3. The van der Waals surface area contributed by atoms with E-state index in [0.29, 0.717) is 0 Å². The summed E-state index contributed by atoms with van der Waals surface area (Å²) in [4.78, 5) is 5.42. The molecule has 21 heavy (non-hydrogen) atoms. The maximum atomic E-state index is 9.20. The van der Waals surface area contributed by atoms with Gasteiger partial charge in [-0.05, 0) is 30.4 Å². The molecule has 1 rings (SSSR count). The number of aromatic nitrogens is 1. The van der Waals surface area contributed by atoms with Gasteiger partial charge >= 0.3 is 0 Å². The lowest BCUT2D eigenvalue weighted by Gasteiger charge is -2.19. The van der Waals surface area contributed by atoms with Crippen molar-refractivity contribution >= 4 is 16.9 Å². The van der Waals surface area contributed by atoms with E-state index in [1.807, 2.05) is 33.8 Å². The molecular weight excluding hydrogens is 278 g/mol. The Kier molecular flexibility index (Phi) is 8.45. The standard InChI is InChI=1S/C16H23NOS.C2H6/c1-7-13(16(4,5)6)9-8-11(2)15-17-12(3)14(10-18)19-15;1-2/h7-9,18H,1,10H2,2-6H3;1-2H3/b11-8+,13-9+;. The van der Waals surface area contributed by atoms with Crippen LogP contribution in [0.15, 0.2) is 30.4 Å². The van der Waals surface area contributed by atoms with Crippen LogP contribution in [0.1, 0.15) is 57.1 Å². The summed E-state index contributed by atoms with van der Waals surface area (Å²) in [6.07, 6.45) is 6.06. The number of aliphatic hydroxyl groups excluding tert-OH is 1. The minimum absolute atomic E-state index is 0.0620. The topological polar surface area (TPSA) is 33.1 Å². The van der Waals surface area contributed by atoms with Crippen molar-refractivity contribution in [1.29, 1.82) is 0 Å². The summed E-state index contributed by atoms with van der Waals surface area (Å²) in [5, 5.41) is 10.2. The molecule has 1 aromatic rings. The maximum Gasteiger partial charge on any atom is 0.119 e. The van der Waals surface area contributed by atoms with Crippen LogP contribution in [0, 0.1) is 12.3 Å². The molecule has 0 aromatic carbocycles. The van der Waals surface area contributed by atoms with E-state index >= 15 is 0 Å². The van der Waals surface area contributed by atoms with Crippen LogP contribution in [-0.2, 0) is 6.61 Å². The first-order chi connectivity index (χ1) is 9.79. The average Bonchev–Trinajstić information content (AvgIpc) is 2.81. The summed E-state index contributed by atoms with van der Waals surface area (Å²) in [5.74, 6) is 0. The highest BCUT2D eigenvalue weighted by Gasteiger charge is 2.13. The predicted molar refractivity (Wildman–Crippen MR) is 95.5 cm³/mol. The Labute approximate surface area is 133 Å². The van der Waals surface area contributed by atoms with Crippen molar-refractivity contribution in [3.05, 3.63) is 46.0 Å². The smallest absolute Gasteiger partial charge is 0.119 e. The lowest BCUT2D eigenvalue weighted by atomic mass is 9.86. The lowest BCUT2D eigenvalue weighted by molar-refractivity contribution is 0.284. The van der Waals surface area contributed by atoms with Crippen molar-refractivity contribution in [2.45, 2.75) is 55.1 Å². The van der Waals surface area contributed by atoms with Gasteiger partial charge in [-0.3, -0.25) is 0 Å². The molecule has 1 aromatic heterocycles. The van der Waals surface area contributed by atoms with Crippen molar-refractivity contribution < 1.29 is 5.11 Å². The number of nitrogens with zero attached hydrogens (tertiary/aromatic N) is 1. The molecule has 1 N–H and O–H groups in total. The number of aryl methyl sites for hydroxylation is 1. The van der Waals surface area contributed by atoms with E-state index in [4.69, 9.17) is 0 Å². The van der Waals surface area contributed by atoms with E-state index in [0.717, 1.165) is 21.2 Å². The molecule has 0 saturated heterocycles. The monoisotopic (exact) mass is 307 g/mol. The minimum Gasteiger partial charge on any atom is -0.391 e. The molecule has 1 heterocycles. The van der Waals surface area contributed by atoms with Gasteiger partial charge in [0.1, 0.15) is 5.01 Å². The van der Waals surface area contributed by atoms with E-state index in [1.165, 1.54) is 5.57 Å². The molecule has 0 fully saturated rings. The highest BCUT2D eigenvalue weighted by molar-refractivity contribution is 7.12. The summed E-state index contributed by atoms with van der Waals surface area (Å²) in [6, 6.07) is 0.